The lowest BCUT2D eigenvalue weighted by Gasteiger charge is -2.64. The Balaban J connectivity index is 1.12. The Hall–Kier alpha value is -0.320. The molecule has 3 N–H and O–H groups in total. The van der Waals surface area contributed by atoms with Crippen LogP contribution in [-0.2, 0) is 18.9 Å². The molecule has 7 fully saturated rings. The number of morpholine rings is 1. The van der Waals surface area contributed by atoms with E-state index in [4.69, 9.17) is 18.9 Å². The quantitative estimate of drug-likeness (QED) is 0.298. The summed E-state index contributed by atoms with van der Waals surface area (Å²) < 4.78 is 26.2. The van der Waals surface area contributed by atoms with Crippen LogP contribution < -0.4 is 0 Å². The van der Waals surface area contributed by atoms with Crippen LogP contribution in [0.3, 0.4) is 0 Å². The Morgan fingerprint density at radius 2 is 1.67 bits per heavy atom. The van der Waals surface area contributed by atoms with Crippen molar-refractivity contribution in [3.8, 4) is 0 Å². The van der Waals surface area contributed by atoms with Crippen LogP contribution in [0.1, 0.15) is 121 Å². The van der Waals surface area contributed by atoms with E-state index in [1.54, 1.807) is 0 Å². The third-order valence-electron chi connectivity index (χ3n) is 16.7. The maximum Gasteiger partial charge on any atom is 0.170 e. The molecule has 2 aliphatic heterocycles. The van der Waals surface area contributed by atoms with Gasteiger partial charge in [-0.2, -0.15) is 0 Å². The van der Waals surface area contributed by atoms with Gasteiger partial charge in [0.2, 0.25) is 0 Å². The Kier molecular flexibility index (Phi) is 8.70. The molecule has 14 atom stereocenters. The Labute approximate surface area is 291 Å². The lowest BCUT2D eigenvalue weighted by Crippen LogP contribution is -2.60. The zero-order chi connectivity index (χ0) is 34.9. The molecule has 0 radical (unpaired) electrons. The molecule has 0 aromatic carbocycles. The Morgan fingerprint density at radius 3 is 2.33 bits per heavy atom. The number of hydrogen-bond donors (Lipinski definition) is 3. The molecule has 7 aliphatic rings. The minimum absolute atomic E-state index is 0.00617. The van der Waals surface area contributed by atoms with Crippen molar-refractivity contribution < 1.29 is 34.3 Å². The van der Waals surface area contributed by atoms with Crippen molar-refractivity contribution in [1.29, 1.82) is 0 Å². The zero-order valence-electron chi connectivity index (χ0n) is 31.9. The molecule has 0 amide bonds. The van der Waals surface area contributed by atoms with Gasteiger partial charge >= 0.3 is 0 Å². The summed E-state index contributed by atoms with van der Waals surface area (Å²) in [6.45, 7) is 24.9. The van der Waals surface area contributed by atoms with E-state index in [1.807, 2.05) is 20.8 Å². The van der Waals surface area contributed by atoms with E-state index in [0.717, 1.165) is 32.2 Å². The van der Waals surface area contributed by atoms with Gasteiger partial charge in [-0.3, -0.25) is 4.90 Å². The average Bonchev–Trinajstić information content (AvgIpc) is 3.65. The number of nitrogens with zero attached hydrogens (tertiary/aromatic N) is 1. The van der Waals surface area contributed by atoms with Gasteiger partial charge in [0.05, 0.1) is 49.8 Å². The molecule has 8 nitrogen and oxygen atoms in total. The van der Waals surface area contributed by atoms with Crippen molar-refractivity contribution in [3.05, 3.63) is 0 Å². The second kappa shape index (κ2) is 11.6. The fourth-order valence-electron chi connectivity index (χ4n) is 14.2. The number of aliphatic hydroxyl groups is 3. The highest BCUT2D eigenvalue weighted by atomic mass is 16.7. The number of aliphatic hydroxyl groups excluding tert-OH is 2. The fourth-order valence-corrected chi connectivity index (χ4v) is 14.2. The first-order valence-electron chi connectivity index (χ1n) is 19.6. The topological polar surface area (TPSA) is 101 Å². The van der Waals surface area contributed by atoms with Crippen molar-refractivity contribution in [2.45, 2.75) is 169 Å². The van der Waals surface area contributed by atoms with E-state index in [-0.39, 0.29) is 58.4 Å². The minimum atomic E-state index is -1.02. The molecule has 2 saturated heterocycles. The van der Waals surface area contributed by atoms with Crippen LogP contribution in [0.5, 0.6) is 0 Å². The van der Waals surface area contributed by atoms with Crippen LogP contribution in [-0.4, -0.2) is 101 Å². The Morgan fingerprint density at radius 1 is 0.979 bits per heavy atom. The smallest absolute Gasteiger partial charge is 0.170 e. The number of fused-ring (bicyclic) bond motifs is 4. The standard InChI is InChI=1S/C40H69NO7/c1-11-45-33(36(7,8)44)25-20-24(2)30-31(47-25)32(43)38(10)27-13-12-26-35(5,6)28(48-29-21-41(18-19-46-29)34(3,4)23-42)14-15-39(26)22-40(27,39)17-16-37(30,38)9/h24-33,42-44H,11-23H2,1-10H3/t24-,25-,26+,27+,28+,29+,30+,31+,32+,33+,37-,38-,39?,40+/m1/s1. The molecule has 48 heavy (non-hydrogen) atoms. The summed E-state index contributed by atoms with van der Waals surface area (Å²) in [5, 5.41) is 33.7. The molecular weight excluding hydrogens is 606 g/mol. The highest BCUT2D eigenvalue weighted by molar-refractivity contribution is 5.33. The Bertz CT molecular complexity index is 1220. The fraction of sp³-hybridized carbons (Fsp3) is 1.00. The molecule has 5 aliphatic carbocycles. The van der Waals surface area contributed by atoms with Gasteiger partial charge in [-0.1, -0.05) is 34.6 Å². The monoisotopic (exact) mass is 676 g/mol. The summed E-state index contributed by atoms with van der Waals surface area (Å²) in [7, 11) is 0. The molecular formula is C40H69NO7. The van der Waals surface area contributed by atoms with Crippen molar-refractivity contribution in [3.63, 3.8) is 0 Å². The summed E-state index contributed by atoms with van der Waals surface area (Å²) in [4.78, 5) is 2.32. The van der Waals surface area contributed by atoms with Crippen LogP contribution in [0.25, 0.3) is 0 Å². The summed E-state index contributed by atoms with van der Waals surface area (Å²) in [5.74, 6) is 1.76. The van der Waals surface area contributed by atoms with E-state index in [0.29, 0.717) is 48.8 Å². The van der Waals surface area contributed by atoms with Crippen LogP contribution in [0, 0.1) is 50.7 Å². The number of rotatable bonds is 8. The number of hydrogen-bond acceptors (Lipinski definition) is 8. The lowest BCUT2D eigenvalue weighted by atomic mass is 9.41. The first-order chi connectivity index (χ1) is 22.3. The molecule has 1 unspecified atom stereocenters. The zero-order valence-corrected chi connectivity index (χ0v) is 31.9. The predicted molar refractivity (Wildman–Crippen MR) is 185 cm³/mol. The second-order valence-electron chi connectivity index (χ2n) is 19.9. The molecule has 5 saturated carbocycles. The van der Waals surface area contributed by atoms with E-state index in [1.165, 1.54) is 25.7 Å². The van der Waals surface area contributed by atoms with Crippen molar-refractivity contribution in [2.24, 2.45) is 50.7 Å². The molecule has 8 heteroatoms. The minimum Gasteiger partial charge on any atom is -0.394 e. The van der Waals surface area contributed by atoms with Gasteiger partial charge in [-0.15, -0.1) is 0 Å². The first-order valence-corrected chi connectivity index (χ1v) is 19.6. The van der Waals surface area contributed by atoms with E-state index >= 15 is 0 Å². The highest BCUT2D eigenvalue weighted by Crippen LogP contribution is 2.89. The molecule has 2 spiro atoms. The van der Waals surface area contributed by atoms with Crippen LogP contribution in [0.2, 0.25) is 0 Å². The van der Waals surface area contributed by atoms with Crippen molar-refractivity contribution in [1.82, 2.24) is 4.90 Å². The van der Waals surface area contributed by atoms with Gasteiger partial charge in [0.25, 0.3) is 0 Å². The van der Waals surface area contributed by atoms with Gasteiger partial charge in [0, 0.05) is 24.1 Å². The average molecular weight is 676 g/mol. The molecule has 7 rings (SSSR count). The SMILES string of the molecule is CCO[C@@H]([C@H]1C[C@@H](C)[C@H]2[C@H](O1)[C@H](O)[C@@]1(C)[C@@H]3CC[C@H]4C(C)(C)[C@@H](O[C@H]5CN(C(C)(C)CO)CCO5)CCC45C[C@@]35CC[C@]21C)C(C)(C)O. The van der Waals surface area contributed by atoms with Crippen LogP contribution >= 0.6 is 0 Å². The van der Waals surface area contributed by atoms with Gasteiger partial charge in [0.15, 0.2) is 6.29 Å². The maximum atomic E-state index is 12.6. The van der Waals surface area contributed by atoms with Crippen molar-refractivity contribution in [2.75, 3.05) is 32.9 Å². The van der Waals surface area contributed by atoms with Gasteiger partial charge in [-0.25, -0.2) is 0 Å². The molecule has 2 heterocycles. The van der Waals surface area contributed by atoms with Crippen molar-refractivity contribution >= 4 is 0 Å². The van der Waals surface area contributed by atoms with E-state index in [9.17, 15) is 15.3 Å². The maximum absolute atomic E-state index is 12.6. The normalized spacial score (nSPS) is 50.8. The summed E-state index contributed by atoms with van der Waals surface area (Å²) in [5.41, 5.74) is -0.872. The van der Waals surface area contributed by atoms with Gasteiger partial charge in [-0.05, 0) is 131 Å². The third-order valence-corrected chi connectivity index (χ3v) is 16.7. The predicted octanol–water partition coefficient (Wildman–Crippen LogP) is 5.79. The first kappa shape index (κ1) is 36.1. The van der Waals surface area contributed by atoms with Gasteiger partial charge < -0.3 is 34.3 Å². The summed E-state index contributed by atoms with van der Waals surface area (Å²) in [6, 6.07) is 0. The van der Waals surface area contributed by atoms with Crippen LogP contribution in [0.15, 0.2) is 0 Å². The molecule has 0 aromatic rings. The third kappa shape index (κ3) is 4.81. The largest absolute Gasteiger partial charge is 0.394 e. The van der Waals surface area contributed by atoms with Crippen LogP contribution in [0.4, 0.5) is 0 Å². The summed E-state index contributed by atoms with van der Waals surface area (Å²) in [6.07, 6.45) is 7.64. The number of ether oxygens (including phenoxy) is 4. The summed E-state index contributed by atoms with van der Waals surface area (Å²) >= 11 is 0. The van der Waals surface area contributed by atoms with Gasteiger partial charge in [0.1, 0.15) is 6.10 Å². The lowest BCUT2D eigenvalue weighted by molar-refractivity contribution is -0.254. The molecule has 0 aromatic heterocycles. The molecule has 276 valence electrons. The highest BCUT2D eigenvalue weighted by Gasteiger charge is 2.84. The van der Waals surface area contributed by atoms with E-state index < -0.39 is 17.8 Å². The molecule has 0 bridgehead atoms. The second-order valence-corrected chi connectivity index (χ2v) is 19.9. The van der Waals surface area contributed by atoms with E-state index in [2.05, 4.69) is 53.4 Å².